The van der Waals surface area contributed by atoms with Gasteiger partial charge in [0.05, 0.1) is 13.1 Å². The van der Waals surface area contributed by atoms with E-state index in [2.05, 4.69) is 4.98 Å². The topological polar surface area (TPSA) is 67.2 Å². The summed E-state index contributed by atoms with van der Waals surface area (Å²) >= 11 is 0. The summed E-state index contributed by atoms with van der Waals surface area (Å²) in [5.41, 5.74) is 1.67. The predicted octanol–water partition coefficient (Wildman–Crippen LogP) is 1.70. The Kier molecular flexibility index (Phi) is 3.26. The molecule has 0 N–H and O–H groups in total. The maximum Gasteiger partial charge on any atom is 0.410 e. The van der Waals surface area contributed by atoms with E-state index in [1.54, 1.807) is 23.0 Å². The third kappa shape index (κ3) is 2.31. The lowest BCUT2D eigenvalue weighted by Gasteiger charge is -2.38. The molecule has 2 aliphatic rings. The number of aromatic nitrogens is 2. The van der Waals surface area contributed by atoms with Gasteiger partial charge in [-0.05, 0) is 31.4 Å². The Labute approximate surface area is 139 Å². The van der Waals surface area contributed by atoms with Crippen LogP contribution in [0.15, 0.2) is 24.5 Å². The Balaban J connectivity index is 1.59. The van der Waals surface area contributed by atoms with Gasteiger partial charge in [0.25, 0.3) is 5.91 Å². The van der Waals surface area contributed by atoms with E-state index >= 15 is 0 Å². The third-order valence-corrected chi connectivity index (χ3v) is 4.86. The number of nitrogens with zero attached hydrogens (tertiary/aromatic N) is 4. The van der Waals surface area contributed by atoms with Crippen LogP contribution in [0.3, 0.4) is 0 Å². The summed E-state index contributed by atoms with van der Waals surface area (Å²) in [5, 5.41) is 0. The molecule has 0 bridgehead atoms. The molecule has 2 amide bonds. The zero-order valence-electron chi connectivity index (χ0n) is 13.9. The van der Waals surface area contributed by atoms with Crippen molar-refractivity contribution in [1.29, 1.82) is 0 Å². The maximum atomic E-state index is 12.9. The molecule has 0 aliphatic carbocycles. The molecule has 126 valence electrons. The first kappa shape index (κ1) is 15.0. The molecule has 7 nitrogen and oxygen atoms in total. The first-order valence-corrected chi connectivity index (χ1v) is 8.15. The Bertz CT molecular complexity index is 830. The zero-order valence-corrected chi connectivity index (χ0v) is 13.9. The highest BCUT2D eigenvalue weighted by atomic mass is 16.6. The number of carbonyl (C=O) groups excluding carboxylic acids is 2. The Morgan fingerprint density at radius 1 is 1.38 bits per heavy atom. The molecule has 1 unspecified atom stereocenters. The van der Waals surface area contributed by atoms with Crippen molar-refractivity contribution >= 4 is 17.6 Å². The van der Waals surface area contributed by atoms with Crippen LogP contribution in [0.4, 0.5) is 4.79 Å². The van der Waals surface area contributed by atoms with Crippen LogP contribution in [0, 0.1) is 6.92 Å². The van der Waals surface area contributed by atoms with Crippen LogP contribution < -0.4 is 0 Å². The van der Waals surface area contributed by atoms with Crippen LogP contribution in [0.25, 0.3) is 5.65 Å². The first-order chi connectivity index (χ1) is 11.5. The number of hydrogen-bond acceptors (Lipinski definition) is 4. The standard InChI is InChI=1S/C17H20N4O3/c1-12-5-3-7-20-9-13(18-14(12)20)15(22)21-8-4-6-17(11-21)10-19(2)16(23)24-17/h3,5,7,9H,4,6,8,10-11H2,1-2H3. The first-order valence-electron chi connectivity index (χ1n) is 8.15. The SMILES string of the molecule is Cc1cccn2cc(C(=O)N3CCCC4(CN(C)C(=O)O4)C3)nc12. The fraction of sp³-hybridized carbons (Fsp3) is 0.471. The number of amides is 2. The van der Waals surface area contributed by atoms with Crippen molar-refractivity contribution in [1.82, 2.24) is 19.2 Å². The molecule has 2 aliphatic heterocycles. The number of ether oxygens (including phenoxy) is 1. The normalized spacial score (nSPS) is 24.0. The largest absolute Gasteiger partial charge is 0.439 e. The van der Waals surface area contributed by atoms with Gasteiger partial charge in [-0.2, -0.15) is 0 Å². The highest BCUT2D eigenvalue weighted by Gasteiger charge is 2.47. The highest BCUT2D eigenvalue weighted by molar-refractivity contribution is 5.93. The third-order valence-electron chi connectivity index (χ3n) is 4.86. The van der Waals surface area contributed by atoms with E-state index in [1.807, 2.05) is 29.7 Å². The molecule has 2 aromatic rings. The van der Waals surface area contributed by atoms with Crippen LogP contribution in [-0.4, -0.2) is 63.5 Å². The van der Waals surface area contributed by atoms with Gasteiger partial charge in [0.1, 0.15) is 16.9 Å². The number of likely N-dealkylation sites (N-methyl/N-ethyl adjacent to an activating group) is 1. The van der Waals surface area contributed by atoms with Crippen LogP contribution in [0.1, 0.15) is 28.9 Å². The van der Waals surface area contributed by atoms with E-state index < -0.39 is 5.60 Å². The maximum absolute atomic E-state index is 12.9. The second-order valence-electron chi connectivity index (χ2n) is 6.79. The van der Waals surface area contributed by atoms with Crippen LogP contribution >= 0.6 is 0 Å². The summed E-state index contributed by atoms with van der Waals surface area (Å²) in [5.74, 6) is -0.109. The van der Waals surface area contributed by atoms with Crippen molar-refractivity contribution < 1.29 is 14.3 Å². The van der Waals surface area contributed by atoms with Gasteiger partial charge in [0, 0.05) is 26.0 Å². The molecule has 2 fully saturated rings. The smallest absolute Gasteiger partial charge is 0.410 e. The summed E-state index contributed by atoms with van der Waals surface area (Å²) in [7, 11) is 1.72. The molecule has 4 heterocycles. The fourth-order valence-electron chi connectivity index (χ4n) is 3.69. The van der Waals surface area contributed by atoms with Crippen molar-refractivity contribution in [2.75, 3.05) is 26.7 Å². The number of carbonyl (C=O) groups is 2. The summed E-state index contributed by atoms with van der Waals surface area (Å²) in [6, 6.07) is 3.91. The lowest BCUT2D eigenvalue weighted by Crippen LogP contribution is -2.52. The fourth-order valence-corrected chi connectivity index (χ4v) is 3.69. The van der Waals surface area contributed by atoms with Crippen molar-refractivity contribution in [3.63, 3.8) is 0 Å². The average Bonchev–Trinajstić information content (AvgIpc) is 3.09. The van der Waals surface area contributed by atoms with E-state index in [1.165, 1.54) is 0 Å². The van der Waals surface area contributed by atoms with Crippen LogP contribution in [0.5, 0.6) is 0 Å². The summed E-state index contributed by atoms with van der Waals surface area (Å²) in [6.07, 6.45) is 4.94. The Morgan fingerprint density at radius 3 is 2.92 bits per heavy atom. The Hall–Kier alpha value is -2.57. The number of imidazole rings is 1. The van der Waals surface area contributed by atoms with Crippen molar-refractivity contribution in [3.05, 3.63) is 35.8 Å². The predicted molar refractivity (Wildman–Crippen MR) is 86.9 cm³/mol. The van der Waals surface area contributed by atoms with Gasteiger partial charge in [-0.1, -0.05) is 6.07 Å². The second-order valence-corrected chi connectivity index (χ2v) is 6.79. The molecule has 0 saturated carbocycles. The molecule has 4 rings (SSSR count). The van der Waals surface area contributed by atoms with E-state index in [0.717, 1.165) is 24.1 Å². The summed E-state index contributed by atoms with van der Waals surface area (Å²) in [6.45, 7) is 3.59. The number of pyridine rings is 1. The molecule has 24 heavy (non-hydrogen) atoms. The van der Waals surface area contributed by atoms with Crippen molar-refractivity contribution in [2.24, 2.45) is 0 Å². The van der Waals surface area contributed by atoms with E-state index in [9.17, 15) is 9.59 Å². The van der Waals surface area contributed by atoms with Gasteiger partial charge >= 0.3 is 6.09 Å². The Morgan fingerprint density at radius 2 is 2.21 bits per heavy atom. The van der Waals surface area contributed by atoms with Crippen LogP contribution in [0.2, 0.25) is 0 Å². The van der Waals surface area contributed by atoms with Gasteiger partial charge < -0.3 is 18.9 Å². The second kappa shape index (κ2) is 5.22. The van der Waals surface area contributed by atoms with Crippen molar-refractivity contribution in [3.8, 4) is 0 Å². The minimum Gasteiger partial charge on any atom is -0.439 e. The molecule has 1 atom stereocenters. The van der Waals surface area contributed by atoms with Crippen LogP contribution in [-0.2, 0) is 4.74 Å². The average molecular weight is 328 g/mol. The van der Waals surface area contributed by atoms with Gasteiger partial charge in [-0.3, -0.25) is 4.79 Å². The van der Waals surface area contributed by atoms with Gasteiger partial charge in [0.2, 0.25) is 0 Å². The number of fused-ring (bicyclic) bond motifs is 1. The molecule has 2 aromatic heterocycles. The molecule has 7 heteroatoms. The number of aryl methyl sites for hydroxylation is 1. The molecule has 2 saturated heterocycles. The molecule has 0 aromatic carbocycles. The van der Waals surface area contributed by atoms with Crippen molar-refractivity contribution in [2.45, 2.75) is 25.4 Å². The lowest BCUT2D eigenvalue weighted by molar-refractivity contribution is -0.00538. The number of rotatable bonds is 1. The van der Waals surface area contributed by atoms with Gasteiger partial charge in [-0.25, -0.2) is 9.78 Å². The quantitative estimate of drug-likeness (QED) is 0.799. The number of piperidine rings is 1. The van der Waals surface area contributed by atoms with E-state index in [0.29, 0.717) is 25.3 Å². The number of likely N-dealkylation sites (tertiary alicyclic amines) is 1. The number of hydrogen-bond donors (Lipinski definition) is 0. The summed E-state index contributed by atoms with van der Waals surface area (Å²) in [4.78, 5) is 32.4. The molecule has 1 spiro atoms. The van der Waals surface area contributed by atoms with Gasteiger partial charge in [0.15, 0.2) is 0 Å². The zero-order chi connectivity index (χ0) is 16.9. The lowest BCUT2D eigenvalue weighted by atomic mass is 9.92. The minimum absolute atomic E-state index is 0.109. The van der Waals surface area contributed by atoms with E-state index in [4.69, 9.17) is 4.74 Å². The van der Waals surface area contributed by atoms with E-state index in [-0.39, 0.29) is 12.0 Å². The summed E-state index contributed by atoms with van der Waals surface area (Å²) < 4.78 is 7.43. The monoisotopic (exact) mass is 328 g/mol. The molecular weight excluding hydrogens is 308 g/mol. The molecule has 0 radical (unpaired) electrons. The van der Waals surface area contributed by atoms with Gasteiger partial charge in [-0.15, -0.1) is 0 Å². The highest BCUT2D eigenvalue weighted by Crippen LogP contribution is 2.32. The minimum atomic E-state index is -0.575. The molecular formula is C17H20N4O3.